The molecule has 0 radical (unpaired) electrons. The Morgan fingerprint density at radius 2 is 1.90 bits per heavy atom. The number of carbonyl (C=O) groups is 1. The van der Waals surface area contributed by atoms with Crippen LogP contribution in [0.1, 0.15) is 38.5 Å². The van der Waals surface area contributed by atoms with E-state index in [0.717, 1.165) is 28.1 Å². The van der Waals surface area contributed by atoms with Gasteiger partial charge in [-0.05, 0) is 71.7 Å². The lowest BCUT2D eigenvalue weighted by Crippen LogP contribution is -2.55. The number of nitrogens with zero attached hydrogens (tertiary/aromatic N) is 2. The van der Waals surface area contributed by atoms with Crippen LogP contribution in [0.25, 0.3) is 0 Å². The van der Waals surface area contributed by atoms with Gasteiger partial charge in [0.05, 0.1) is 10.7 Å². The van der Waals surface area contributed by atoms with Crippen molar-refractivity contribution < 1.29 is 4.79 Å². The van der Waals surface area contributed by atoms with Crippen molar-refractivity contribution in [3.05, 3.63) is 16.9 Å². The molecule has 0 unspecified atom stereocenters. The van der Waals surface area contributed by atoms with E-state index in [1.807, 2.05) is 10.9 Å². The Hall–Kier alpha value is -0.840. The predicted molar refractivity (Wildman–Crippen MR) is 83.5 cm³/mol. The molecule has 5 rings (SSSR count). The van der Waals surface area contributed by atoms with Crippen LogP contribution < -0.4 is 5.32 Å². The Morgan fingerprint density at radius 1 is 1.24 bits per heavy atom. The third kappa shape index (κ3) is 2.77. The average Bonchev–Trinajstić information content (AvgIpc) is 2.85. The van der Waals surface area contributed by atoms with Crippen molar-refractivity contribution in [3.8, 4) is 0 Å². The van der Waals surface area contributed by atoms with Gasteiger partial charge >= 0.3 is 0 Å². The molecular weight excluding hydrogens is 330 g/mol. The number of aromatic nitrogens is 2. The summed E-state index contributed by atoms with van der Waals surface area (Å²) in [7, 11) is 0. The number of rotatable bonds is 4. The number of aryl methyl sites for hydroxylation is 1. The van der Waals surface area contributed by atoms with E-state index >= 15 is 0 Å². The summed E-state index contributed by atoms with van der Waals surface area (Å²) in [5, 5.41) is 7.54. The summed E-state index contributed by atoms with van der Waals surface area (Å²) in [6.07, 6.45) is 11.1. The van der Waals surface area contributed by atoms with E-state index in [-0.39, 0.29) is 5.91 Å². The minimum absolute atomic E-state index is 0.194. The van der Waals surface area contributed by atoms with Crippen molar-refractivity contribution in [2.24, 2.45) is 23.7 Å². The minimum Gasteiger partial charge on any atom is -0.353 e. The van der Waals surface area contributed by atoms with Gasteiger partial charge in [0.1, 0.15) is 0 Å². The summed E-state index contributed by atoms with van der Waals surface area (Å²) in [5.41, 5.74) is 0. The third-order valence-corrected chi connectivity index (χ3v) is 6.13. The van der Waals surface area contributed by atoms with Gasteiger partial charge in [0.15, 0.2) is 0 Å². The first-order valence-corrected chi connectivity index (χ1v) is 8.94. The molecule has 4 aliphatic carbocycles. The fourth-order valence-corrected chi connectivity index (χ4v) is 5.42. The van der Waals surface area contributed by atoms with Crippen LogP contribution in [0.5, 0.6) is 0 Å². The molecule has 5 heteroatoms. The first-order chi connectivity index (χ1) is 10.2. The summed E-state index contributed by atoms with van der Waals surface area (Å²) < 4.78 is 2.78. The fraction of sp³-hybridized carbons (Fsp3) is 0.750. The van der Waals surface area contributed by atoms with Crippen molar-refractivity contribution in [1.82, 2.24) is 15.1 Å². The van der Waals surface area contributed by atoms with Gasteiger partial charge in [-0.2, -0.15) is 5.10 Å². The monoisotopic (exact) mass is 351 g/mol. The maximum Gasteiger partial charge on any atom is 0.222 e. The molecule has 4 bridgehead atoms. The Morgan fingerprint density at radius 3 is 2.48 bits per heavy atom. The second-order valence-electron chi connectivity index (χ2n) is 7.20. The maximum atomic E-state index is 12.3. The molecular formula is C16H22BrN3O. The van der Waals surface area contributed by atoms with Gasteiger partial charge in [-0.15, -0.1) is 0 Å². The molecule has 4 aliphatic rings. The molecule has 0 spiro atoms. The van der Waals surface area contributed by atoms with Crippen LogP contribution in [-0.2, 0) is 11.3 Å². The Labute approximate surface area is 133 Å². The standard InChI is InChI=1S/C16H22BrN3O/c17-14-8-18-20(9-14)2-1-15(21)19-16-12-4-10-3-11(6-12)7-13(16)5-10/h8-13,16H,1-7H2,(H,19,21). The second-order valence-corrected chi connectivity index (χ2v) is 8.11. The van der Waals surface area contributed by atoms with Gasteiger partial charge in [-0.25, -0.2) is 0 Å². The lowest BCUT2D eigenvalue weighted by atomic mass is 9.54. The minimum atomic E-state index is 0.194. The Balaban J connectivity index is 1.32. The highest BCUT2D eigenvalue weighted by atomic mass is 79.9. The number of amides is 1. The fourth-order valence-electron chi connectivity index (χ4n) is 5.10. The van der Waals surface area contributed by atoms with Crippen molar-refractivity contribution in [3.63, 3.8) is 0 Å². The molecule has 0 aromatic carbocycles. The first kappa shape index (κ1) is 13.8. The van der Waals surface area contributed by atoms with E-state index in [4.69, 9.17) is 0 Å². The van der Waals surface area contributed by atoms with Crippen LogP contribution in [0.3, 0.4) is 0 Å². The lowest BCUT2D eigenvalue weighted by molar-refractivity contribution is -0.125. The largest absolute Gasteiger partial charge is 0.353 e. The highest BCUT2D eigenvalue weighted by Crippen LogP contribution is 2.53. The highest BCUT2D eigenvalue weighted by Gasteiger charge is 2.48. The smallest absolute Gasteiger partial charge is 0.222 e. The van der Waals surface area contributed by atoms with Crippen LogP contribution >= 0.6 is 15.9 Å². The molecule has 1 N–H and O–H groups in total. The quantitative estimate of drug-likeness (QED) is 0.906. The molecule has 0 aliphatic heterocycles. The molecule has 4 saturated carbocycles. The molecule has 0 saturated heterocycles. The number of nitrogens with one attached hydrogen (secondary N) is 1. The topological polar surface area (TPSA) is 46.9 Å². The zero-order chi connectivity index (χ0) is 14.4. The van der Waals surface area contributed by atoms with Crippen LogP contribution in [0.15, 0.2) is 16.9 Å². The number of halogens is 1. The summed E-state index contributed by atoms with van der Waals surface area (Å²) in [6.45, 7) is 0.657. The van der Waals surface area contributed by atoms with Crippen LogP contribution in [0.4, 0.5) is 0 Å². The summed E-state index contributed by atoms with van der Waals surface area (Å²) in [4.78, 5) is 12.3. The molecule has 1 amide bonds. The molecule has 114 valence electrons. The molecule has 4 nitrogen and oxygen atoms in total. The number of hydrogen-bond acceptors (Lipinski definition) is 2. The second kappa shape index (κ2) is 5.41. The van der Waals surface area contributed by atoms with Gasteiger partial charge in [0, 0.05) is 25.2 Å². The lowest BCUT2D eigenvalue weighted by Gasteiger charge is -2.54. The van der Waals surface area contributed by atoms with Gasteiger partial charge in [0.25, 0.3) is 0 Å². The van der Waals surface area contributed by atoms with Gasteiger partial charge in [0.2, 0.25) is 5.91 Å². The molecule has 21 heavy (non-hydrogen) atoms. The van der Waals surface area contributed by atoms with Crippen LogP contribution in [-0.4, -0.2) is 21.7 Å². The predicted octanol–water partition coefficient (Wildman–Crippen LogP) is 2.98. The molecule has 1 heterocycles. The molecule has 1 aromatic heterocycles. The van der Waals surface area contributed by atoms with Crippen LogP contribution in [0, 0.1) is 23.7 Å². The highest BCUT2D eigenvalue weighted by molar-refractivity contribution is 9.10. The van der Waals surface area contributed by atoms with E-state index in [1.165, 1.54) is 32.1 Å². The normalized spacial score (nSPS) is 36.9. The maximum absolute atomic E-state index is 12.3. The third-order valence-electron chi connectivity index (χ3n) is 5.72. The van der Waals surface area contributed by atoms with Gasteiger partial charge < -0.3 is 5.32 Å². The Kier molecular flexibility index (Phi) is 3.56. The van der Waals surface area contributed by atoms with E-state index < -0.39 is 0 Å². The van der Waals surface area contributed by atoms with Crippen LogP contribution in [0.2, 0.25) is 0 Å². The van der Waals surface area contributed by atoms with Gasteiger partial charge in [-0.3, -0.25) is 9.48 Å². The van der Waals surface area contributed by atoms with E-state index in [2.05, 4.69) is 26.3 Å². The molecule has 0 atom stereocenters. The zero-order valence-corrected chi connectivity index (χ0v) is 13.8. The summed E-state index contributed by atoms with van der Waals surface area (Å²) in [6, 6.07) is 0.453. The summed E-state index contributed by atoms with van der Waals surface area (Å²) in [5.74, 6) is 3.62. The SMILES string of the molecule is O=C(CCn1cc(Br)cn1)NC1C2CC3CC(C2)CC1C3. The van der Waals surface area contributed by atoms with E-state index in [9.17, 15) is 4.79 Å². The van der Waals surface area contributed by atoms with Crippen molar-refractivity contribution in [1.29, 1.82) is 0 Å². The average molecular weight is 352 g/mol. The van der Waals surface area contributed by atoms with E-state index in [1.54, 1.807) is 6.20 Å². The van der Waals surface area contributed by atoms with E-state index in [0.29, 0.717) is 19.0 Å². The molecule has 1 aromatic rings. The van der Waals surface area contributed by atoms with Gasteiger partial charge in [-0.1, -0.05) is 0 Å². The van der Waals surface area contributed by atoms with Crippen molar-refractivity contribution >= 4 is 21.8 Å². The van der Waals surface area contributed by atoms with Crippen molar-refractivity contribution in [2.45, 2.75) is 51.1 Å². The number of carbonyl (C=O) groups excluding carboxylic acids is 1. The number of hydrogen-bond donors (Lipinski definition) is 1. The van der Waals surface area contributed by atoms with Crippen molar-refractivity contribution in [2.75, 3.05) is 0 Å². The Bertz CT molecular complexity index is 513. The first-order valence-electron chi connectivity index (χ1n) is 8.14. The summed E-state index contributed by atoms with van der Waals surface area (Å²) >= 11 is 3.38. The molecule has 4 fully saturated rings. The zero-order valence-electron chi connectivity index (χ0n) is 12.2.